The third kappa shape index (κ3) is 4.53. The molecule has 1 unspecified atom stereocenters. The van der Waals surface area contributed by atoms with Gasteiger partial charge in [-0.1, -0.05) is 23.7 Å². The van der Waals surface area contributed by atoms with Crippen molar-refractivity contribution >= 4 is 23.4 Å². The van der Waals surface area contributed by atoms with Gasteiger partial charge in [0.1, 0.15) is 5.60 Å². The first-order chi connectivity index (χ1) is 9.87. The summed E-state index contributed by atoms with van der Waals surface area (Å²) in [5.74, 6) is 0. The molecular weight excluding hydrogens is 288 g/mol. The number of amides is 1. The lowest BCUT2D eigenvalue weighted by atomic mass is 10.2. The zero-order valence-electron chi connectivity index (χ0n) is 12.9. The number of hydrogen-bond donors (Lipinski definition) is 1. The first-order valence-corrected chi connectivity index (χ1v) is 7.72. The van der Waals surface area contributed by atoms with Crippen LogP contribution in [0.15, 0.2) is 24.3 Å². The zero-order valence-corrected chi connectivity index (χ0v) is 13.6. The van der Waals surface area contributed by atoms with Crippen molar-refractivity contribution in [3.8, 4) is 0 Å². The van der Waals surface area contributed by atoms with E-state index in [2.05, 4.69) is 5.32 Å². The number of para-hydroxylation sites is 1. The van der Waals surface area contributed by atoms with E-state index < -0.39 is 5.60 Å². The lowest BCUT2D eigenvalue weighted by molar-refractivity contribution is 0.0235. The Labute approximate surface area is 131 Å². The topological polar surface area (TPSA) is 41.6 Å². The third-order valence-corrected chi connectivity index (χ3v) is 3.74. The number of carbonyl (C=O) groups is 1. The van der Waals surface area contributed by atoms with Crippen LogP contribution < -0.4 is 5.32 Å². The molecule has 116 valence electrons. The van der Waals surface area contributed by atoms with Crippen LogP contribution in [0.5, 0.6) is 0 Å². The zero-order chi connectivity index (χ0) is 15.5. The van der Waals surface area contributed by atoms with Gasteiger partial charge in [-0.2, -0.15) is 0 Å². The highest BCUT2D eigenvalue weighted by Crippen LogP contribution is 2.24. The molecule has 1 aromatic carbocycles. The van der Waals surface area contributed by atoms with Gasteiger partial charge in [-0.3, -0.25) is 0 Å². The molecule has 1 aliphatic rings. The first kappa shape index (κ1) is 16.0. The van der Waals surface area contributed by atoms with Gasteiger partial charge in [0.05, 0.1) is 16.8 Å². The van der Waals surface area contributed by atoms with Crippen LogP contribution in [-0.2, 0) is 4.74 Å². The molecule has 1 aliphatic heterocycles. The van der Waals surface area contributed by atoms with Gasteiger partial charge in [0.2, 0.25) is 0 Å². The van der Waals surface area contributed by atoms with E-state index in [-0.39, 0.29) is 12.1 Å². The summed E-state index contributed by atoms with van der Waals surface area (Å²) in [5.41, 5.74) is 0.440. The van der Waals surface area contributed by atoms with Gasteiger partial charge in [0, 0.05) is 13.1 Å². The molecule has 0 spiro atoms. The Kier molecular flexibility index (Phi) is 4.99. The maximum Gasteiger partial charge on any atom is 0.410 e. The van der Waals surface area contributed by atoms with Crippen LogP contribution >= 0.6 is 11.6 Å². The van der Waals surface area contributed by atoms with Gasteiger partial charge in [-0.25, -0.2) is 4.79 Å². The first-order valence-electron chi connectivity index (χ1n) is 7.35. The Balaban J connectivity index is 1.93. The molecule has 0 aliphatic carbocycles. The van der Waals surface area contributed by atoms with E-state index in [1.54, 1.807) is 0 Å². The highest BCUT2D eigenvalue weighted by molar-refractivity contribution is 6.33. The standard InChI is InChI=1S/C16H23ClN2O2/c1-16(2,3)21-15(20)19-10-6-7-12(19)11-18-14-9-5-4-8-13(14)17/h4-5,8-9,12,18H,6-7,10-11H2,1-3H3. The summed E-state index contributed by atoms with van der Waals surface area (Å²) in [6, 6.07) is 7.78. The van der Waals surface area contributed by atoms with Crippen LogP contribution in [0, 0.1) is 0 Å². The predicted molar refractivity (Wildman–Crippen MR) is 85.9 cm³/mol. The number of carbonyl (C=O) groups excluding carboxylic acids is 1. The highest BCUT2D eigenvalue weighted by atomic mass is 35.5. The second kappa shape index (κ2) is 6.56. The summed E-state index contributed by atoms with van der Waals surface area (Å²) in [6.45, 7) is 7.10. The van der Waals surface area contributed by atoms with Crippen molar-refractivity contribution in [1.29, 1.82) is 0 Å². The van der Waals surface area contributed by atoms with Crippen molar-refractivity contribution < 1.29 is 9.53 Å². The molecule has 0 aromatic heterocycles. The smallest absolute Gasteiger partial charge is 0.410 e. The fourth-order valence-electron chi connectivity index (χ4n) is 2.44. The molecular formula is C16H23ClN2O2. The van der Waals surface area contributed by atoms with Crippen LogP contribution in [-0.4, -0.2) is 35.7 Å². The molecule has 4 nitrogen and oxygen atoms in total. The van der Waals surface area contributed by atoms with E-state index in [1.807, 2.05) is 49.9 Å². The van der Waals surface area contributed by atoms with Crippen molar-refractivity contribution in [1.82, 2.24) is 4.90 Å². The molecule has 0 saturated carbocycles. The normalized spacial score (nSPS) is 18.7. The van der Waals surface area contributed by atoms with Crippen molar-refractivity contribution in [2.45, 2.75) is 45.3 Å². The summed E-state index contributed by atoms with van der Waals surface area (Å²) in [7, 11) is 0. The number of hydrogen-bond acceptors (Lipinski definition) is 3. The molecule has 2 rings (SSSR count). The molecule has 0 radical (unpaired) electrons. The second-order valence-electron chi connectivity index (χ2n) is 6.33. The van der Waals surface area contributed by atoms with Gasteiger partial charge in [0.25, 0.3) is 0 Å². The molecule has 1 N–H and O–H groups in total. The Morgan fingerprint density at radius 3 is 2.81 bits per heavy atom. The summed E-state index contributed by atoms with van der Waals surface area (Å²) in [6.07, 6.45) is 1.76. The summed E-state index contributed by atoms with van der Waals surface area (Å²) in [5, 5.41) is 4.01. The predicted octanol–water partition coefficient (Wildman–Crippen LogP) is 4.15. The van der Waals surface area contributed by atoms with E-state index in [4.69, 9.17) is 16.3 Å². The lowest BCUT2D eigenvalue weighted by Crippen LogP contribution is -2.42. The van der Waals surface area contributed by atoms with E-state index >= 15 is 0 Å². The fourth-order valence-corrected chi connectivity index (χ4v) is 2.64. The maximum absolute atomic E-state index is 12.2. The maximum atomic E-state index is 12.2. The largest absolute Gasteiger partial charge is 0.444 e. The summed E-state index contributed by atoms with van der Waals surface area (Å²) < 4.78 is 5.46. The Hall–Kier alpha value is -1.42. The summed E-state index contributed by atoms with van der Waals surface area (Å²) >= 11 is 6.13. The number of likely N-dealkylation sites (tertiary alicyclic amines) is 1. The monoisotopic (exact) mass is 310 g/mol. The van der Waals surface area contributed by atoms with Crippen LogP contribution in [0.2, 0.25) is 5.02 Å². The molecule has 0 bridgehead atoms. The van der Waals surface area contributed by atoms with Gasteiger partial charge >= 0.3 is 6.09 Å². The fraction of sp³-hybridized carbons (Fsp3) is 0.562. The molecule has 1 heterocycles. The van der Waals surface area contributed by atoms with E-state index in [9.17, 15) is 4.79 Å². The van der Waals surface area contributed by atoms with E-state index in [1.165, 1.54) is 0 Å². The van der Waals surface area contributed by atoms with Gasteiger partial charge < -0.3 is 15.0 Å². The number of rotatable bonds is 3. The van der Waals surface area contributed by atoms with Crippen molar-refractivity contribution in [2.75, 3.05) is 18.4 Å². The molecule has 1 aromatic rings. The molecule has 1 fully saturated rings. The lowest BCUT2D eigenvalue weighted by Gasteiger charge is -2.29. The second-order valence-corrected chi connectivity index (χ2v) is 6.74. The number of halogens is 1. The molecule has 21 heavy (non-hydrogen) atoms. The minimum Gasteiger partial charge on any atom is -0.444 e. The number of anilines is 1. The molecule has 1 amide bonds. The Morgan fingerprint density at radius 2 is 2.14 bits per heavy atom. The summed E-state index contributed by atoms with van der Waals surface area (Å²) in [4.78, 5) is 14.0. The number of nitrogens with one attached hydrogen (secondary N) is 1. The van der Waals surface area contributed by atoms with Gasteiger partial charge in [-0.05, 0) is 45.7 Å². The van der Waals surface area contributed by atoms with Gasteiger partial charge in [-0.15, -0.1) is 0 Å². The van der Waals surface area contributed by atoms with Crippen molar-refractivity contribution in [3.05, 3.63) is 29.3 Å². The van der Waals surface area contributed by atoms with Gasteiger partial charge in [0.15, 0.2) is 0 Å². The van der Waals surface area contributed by atoms with Crippen molar-refractivity contribution in [3.63, 3.8) is 0 Å². The van der Waals surface area contributed by atoms with E-state index in [0.717, 1.165) is 25.1 Å². The number of ether oxygens (including phenoxy) is 1. The number of nitrogens with zero attached hydrogens (tertiary/aromatic N) is 1. The van der Waals surface area contributed by atoms with E-state index in [0.29, 0.717) is 11.6 Å². The Morgan fingerprint density at radius 1 is 1.43 bits per heavy atom. The number of benzene rings is 1. The third-order valence-electron chi connectivity index (χ3n) is 3.41. The van der Waals surface area contributed by atoms with Crippen LogP contribution in [0.3, 0.4) is 0 Å². The van der Waals surface area contributed by atoms with Crippen LogP contribution in [0.25, 0.3) is 0 Å². The SMILES string of the molecule is CC(C)(C)OC(=O)N1CCCC1CNc1ccccc1Cl. The highest BCUT2D eigenvalue weighted by Gasteiger charge is 2.31. The average molecular weight is 311 g/mol. The van der Waals surface area contributed by atoms with Crippen molar-refractivity contribution in [2.24, 2.45) is 0 Å². The molecule has 1 saturated heterocycles. The minimum atomic E-state index is -0.458. The average Bonchev–Trinajstić information content (AvgIpc) is 2.84. The Bertz CT molecular complexity index is 499. The molecule has 5 heteroatoms. The quantitative estimate of drug-likeness (QED) is 0.911. The minimum absolute atomic E-state index is 0.149. The van der Waals surface area contributed by atoms with Crippen LogP contribution in [0.4, 0.5) is 10.5 Å². The molecule has 1 atom stereocenters. The van der Waals surface area contributed by atoms with Crippen LogP contribution in [0.1, 0.15) is 33.6 Å².